The highest BCUT2D eigenvalue weighted by Gasteiger charge is 2.08. The molecule has 0 bridgehead atoms. The second-order valence-corrected chi connectivity index (χ2v) is 5.95. The fraction of sp³-hybridized carbons (Fsp3) is 0. The lowest BCUT2D eigenvalue weighted by Gasteiger charge is -2.05. The van der Waals surface area contributed by atoms with Crippen LogP contribution in [0.2, 0.25) is 0 Å². The highest BCUT2D eigenvalue weighted by Crippen LogP contribution is 2.26. The summed E-state index contributed by atoms with van der Waals surface area (Å²) in [4.78, 5) is 13.1. The summed E-state index contributed by atoms with van der Waals surface area (Å²) >= 11 is 4.43. The molecule has 0 N–H and O–H groups in total. The number of fused-ring (bicyclic) bond motifs is 1. The molecule has 0 atom stereocenters. The quantitative estimate of drug-likeness (QED) is 0.410. The zero-order valence-corrected chi connectivity index (χ0v) is 13.5. The molecule has 3 aromatic rings. The lowest BCUT2D eigenvalue weighted by Crippen LogP contribution is -1.95. The van der Waals surface area contributed by atoms with E-state index < -0.39 is 0 Å². The number of rotatable bonds is 1. The molecule has 3 nitrogen and oxygen atoms in total. The molecule has 0 spiro atoms. The van der Waals surface area contributed by atoms with Crippen LogP contribution in [0.4, 0.5) is 0 Å². The smallest absolute Gasteiger partial charge is 0.162 e. The van der Waals surface area contributed by atoms with Gasteiger partial charge < -0.3 is 0 Å². The van der Waals surface area contributed by atoms with Crippen LogP contribution in [0, 0.1) is 7.40 Å². The molecule has 0 unspecified atom stereocenters. The van der Waals surface area contributed by atoms with Crippen LogP contribution >= 0.6 is 45.2 Å². The third kappa shape index (κ3) is 2.33. The maximum absolute atomic E-state index is 4.50. The van der Waals surface area contributed by atoms with Crippen LogP contribution in [0.25, 0.3) is 22.2 Å². The number of pyridine rings is 1. The van der Waals surface area contributed by atoms with Gasteiger partial charge in [-0.3, -0.25) is 4.98 Å². The minimum atomic E-state index is 0.767. The van der Waals surface area contributed by atoms with Crippen molar-refractivity contribution in [3.63, 3.8) is 0 Å². The molecule has 0 aliphatic heterocycles. The molecule has 5 heteroatoms. The van der Waals surface area contributed by atoms with E-state index >= 15 is 0 Å². The third-order valence-electron chi connectivity index (χ3n) is 2.59. The first-order valence-electron chi connectivity index (χ1n) is 5.27. The van der Waals surface area contributed by atoms with E-state index in [2.05, 4.69) is 60.1 Å². The van der Waals surface area contributed by atoms with E-state index in [4.69, 9.17) is 0 Å². The molecular formula is C13H7I2N3. The van der Waals surface area contributed by atoms with Crippen LogP contribution in [0.1, 0.15) is 0 Å². The summed E-state index contributed by atoms with van der Waals surface area (Å²) in [5.74, 6) is 0.767. The summed E-state index contributed by atoms with van der Waals surface area (Å²) in [7, 11) is 0. The summed E-state index contributed by atoms with van der Waals surface area (Å²) in [6.07, 6.45) is 3.66. The molecule has 0 amide bonds. The number of nitrogens with zero attached hydrogens (tertiary/aromatic N) is 3. The van der Waals surface area contributed by atoms with E-state index in [1.165, 1.54) is 0 Å². The molecule has 0 aliphatic rings. The highest BCUT2D eigenvalue weighted by atomic mass is 127. The SMILES string of the molecule is Ic1cc(I)nc(-c2cccc3cnccc23)n1. The Morgan fingerprint density at radius 2 is 1.72 bits per heavy atom. The van der Waals surface area contributed by atoms with Crippen molar-refractivity contribution in [3.8, 4) is 11.4 Å². The number of hydrogen-bond donors (Lipinski definition) is 0. The average molecular weight is 459 g/mol. The van der Waals surface area contributed by atoms with Gasteiger partial charge in [0.15, 0.2) is 5.82 Å². The molecule has 18 heavy (non-hydrogen) atoms. The first-order valence-corrected chi connectivity index (χ1v) is 7.43. The zero-order chi connectivity index (χ0) is 12.5. The van der Waals surface area contributed by atoms with Gasteiger partial charge in [0.2, 0.25) is 0 Å². The topological polar surface area (TPSA) is 38.7 Å². The maximum atomic E-state index is 4.50. The lowest BCUT2D eigenvalue weighted by molar-refractivity contribution is 1.12. The van der Waals surface area contributed by atoms with E-state index in [1.807, 2.05) is 36.5 Å². The largest absolute Gasteiger partial charge is 0.264 e. The minimum Gasteiger partial charge on any atom is -0.264 e. The van der Waals surface area contributed by atoms with Crippen molar-refractivity contribution < 1.29 is 0 Å². The Morgan fingerprint density at radius 3 is 2.50 bits per heavy atom. The van der Waals surface area contributed by atoms with Gasteiger partial charge in [-0.25, -0.2) is 9.97 Å². The fourth-order valence-corrected chi connectivity index (χ4v) is 3.47. The average Bonchev–Trinajstić information content (AvgIpc) is 2.37. The summed E-state index contributed by atoms with van der Waals surface area (Å²) in [6, 6.07) is 10.1. The van der Waals surface area contributed by atoms with E-state index in [0.29, 0.717) is 0 Å². The standard InChI is InChI=1S/C13H7I2N3/c14-11-6-12(15)18-13(17-11)10-3-1-2-8-7-16-5-4-9(8)10/h1-7H. The Bertz CT molecular complexity index is 703. The zero-order valence-electron chi connectivity index (χ0n) is 9.14. The van der Waals surface area contributed by atoms with E-state index in [-0.39, 0.29) is 0 Å². The second-order valence-electron chi connectivity index (χ2n) is 3.74. The van der Waals surface area contributed by atoms with Gasteiger partial charge in [0.1, 0.15) is 7.40 Å². The van der Waals surface area contributed by atoms with Gasteiger partial charge in [-0.05, 0) is 56.6 Å². The van der Waals surface area contributed by atoms with E-state index in [1.54, 1.807) is 6.20 Å². The van der Waals surface area contributed by atoms with E-state index in [9.17, 15) is 0 Å². The molecule has 0 saturated carbocycles. The Morgan fingerprint density at radius 1 is 0.944 bits per heavy atom. The van der Waals surface area contributed by atoms with Crippen LogP contribution in [0.15, 0.2) is 42.7 Å². The summed E-state index contributed by atoms with van der Waals surface area (Å²) < 4.78 is 1.90. The first-order chi connectivity index (χ1) is 8.74. The second kappa shape index (κ2) is 5.04. The van der Waals surface area contributed by atoms with Crippen LogP contribution in [-0.2, 0) is 0 Å². The van der Waals surface area contributed by atoms with Crippen molar-refractivity contribution >= 4 is 56.0 Å². The lowest BCUT2D eigenvalue weighted by atomic mass is 10.1. The van der Waals surface area contributed by atoms with Gasteiger partial charge in [0.25, 0.3) is 0 Å². The molecule has 2 heterocycles. The Kier molecular flexibility index (Phi) is 3.42. The normalized spacial score (nSPS) is 10.8. The summed E-state index contributed by atoms with van der Waals surface area (Å²) in [5.41, 5.74) is 1.05. The van der Waals surface area contributed by atoms with Gasteiger partial charge in [-0.2, -0.15) is 0 Å². The molecular weight excluding hydrogens is 452 g/mol. The van der Waals surface area contributed by atoms with Gasteiger partial charge >= 0.3 is 0 Å². The number of hydrogen-bond acceptors (Lipinski definition) is 3. The van der Waals surface area contributed by atoms with Crippen LogP contribution in [-0.4, -0.2) is 15.0 Å². The molecule has 0 radical (unpaired) electrons. The van der Waals surface area contributed by atoms with Crippen molar-refractivity contribution in [2.45, 2.75) is 0 Å². The number of aromatic nitrogens is 3. The monoisotopic (exact) mass is 459 g/mol. The van der Waals surface area contributed by atoms with Gasteiger partial charge in [-0.15, -0.1) is 0 Å². The molecule has 3 rings (SSSR count). The number of halogens is 2. The summed E-state index contributed by atoms with van der Waals surface area (Å²) in [5, 5.41) is 2.23. The molecule has 0 fully saturated rings. The summed E-state index contributed by atoms with van der Waals surface area (Å²) in [6.45, 7) is 0. The molecule has 2 aromatic heterocycles. The van der Waals surface area contributed by atoms with Crippen molar-refractivity contribution in [3.05, 3.63) is 50.1 Å². The van der Waals surface area contributed by atoms with E-state index in [0.717, 1.165) is 29.6 Å². The Balaban J connectivity index is 2.31. The fourth-order valence-electron chi connectivity index (χ4n) is 1.83. The van der Waals surface area contributed by atoms with Gasteiger partial charge in [-0.1, -0.05) is 18.2 Å². The Labute approximate surface area is 131 Å². The van der Waals surface area contributed by atoms with Gasteiger partial charge in [0.05, 0.1) is 0 Å². The maximum Gasteiger partial charge on any atom is 0.162 e. The van der Waals surface area contributed by atoms with Crippen molar-refractivity contribution in [2.24, 2.45) is 0 Å². The van der Waals surface area contributed by atoms with Crippen molar-refractivity contribution in [1.29, 1.82) is 0 Å². The van der Waals surface area contributed by atoms with Crippen LogP contribution in [0.3, 0.4) is 0 Å². The van der Waals surface area contributed by atoms with Gasteiger partial charge in [0, 0.05) is 29.4 Å². The Hall–Kier alpha value is -0.830. The van der Waals surface area contributed by atoms with Crippen LogP contribution < -0.4 is 0 Å². The first kappa shape index (κ1) is 12.2. The number of benzene rings is 1. The predicted octanol–water partition coefficient (Wildman–Crippen LogP) is 3.90. The molecule has 0 aliphatic carbocycles. The van der Waals surface area contributed by atoms with Crippen LogP contribution in [0.5, 0.6) is 0 Å². The van der Waals surface area contributed by atoms with Crippen molar-refractivity contribution in [2.75, 3.05) is 0 Å². The molecule has 88 valence electrons. The molecule has 1 aromatic carbocycles. The highest BCUT2D eigenvalue weighted by molar-refractivity contribution is 14.1. The van der Waals surface area contributed by atoms with Crippen molar-refractivity contribution in [1.82, 2.24) is 15.0 Å². The molecule has 0 saturated heterocycles. The predicted molar refractivity (Wildman–Crippen MR) is 88.2 cm³/mol. The minimum absolute atomic E-state index is 0.767. The third-order valence-corrected chi connectivity index (χ3v) is 3.69.